The summed E-state index contributed by atoms with van der Waals surface area (Å²) in [5.74, 6) is -0.827. The summed E-state index contributed by atoms with van der Waals surface area (Å²) in [4.78, 5) is 19.2. The predicted molar refractivity (Wildman–Crippen MR) is 50.6 cm³/mol. The Morgan fingerprint density at radius 3 is 2.93 bits per heavy atom. The molecule has 5 heteroatoms. The standard InChI is InChI=1S/C9H13N3O2/c1-6-8(4-11-5-12-6)7(3-10)9(13)14-2/h4-5,7H,3,10H2,1-2H3. The van der Waals surface area contributed by atoms with Crippen LogP contribution in [0.2, 0.25) is 0 Å². The number of carbonyl (C=O) groups is 1. The molecule has 76 valence electrons. The largest absolute Gasteiger partial charge is 0.469 e. The summed E-state index contributed by atoms with van der Waals surface area (Å²) in [6, 6.07) is 0. The first kappa shape index (κ1) is 10.6. The molecule has 0 fully saturated rings. The van der Waals surface area contributed by atoms with E-state index in [0.29, 0.717) is 0 Å². The smallest absolute Gasteiger partial charge is 0.314 e. The molecule has 0 aliphatic rings. The van der Waals surface area contributed by atoms with Gasteiger partial charge in [0.05, 0.1) is 13.0 Å². The Balaban J connectivity index is 3.01. The Bertz CT molecular complexity index is 328. The predicted octanol–water partition coefficient (Wildman–Crippen LogP) is 0.000320. The fraction of sp³-hybridized carbons (Fsp3) is 0.444. The van der Waals surface area contributed by atoms with Gasteiger partial charge < -0.3 is 10.5 Å². The van der Waals surface area contributed by atoms with Gasteiger partial charge in [-0.05, 0) is 6.92 Å². The molecule has 0 aliphatic heterocycles. The van der Waals surface area contributed by atoms with E-state index in [1.165, 1.54) is 13.4 Å². The van der Waals surface area contributed by atoms with Gasteiger partial charge >= 0.3 is 5.97 Å². The lowest BCUT2D eigenvalue weighted by molar-refractivity contribution is -0.142. The average Bonchev–Trinajstić information content (AvgIpc) is 2.21. The summed E-state index contributed by atoms with van der Waals surface area (Å²) in [6.07, 6.45) is 3.03. The van der Waals surface area contributed by atoms with Crippen molar-refractivity contribution in [3.05, 3.63) is 23.8 Å². The topological polar surface area (TPSA) is 78.1 Å². The number of esters is 1. The molecule has 0 bridgehead atoms. The lowest BCUT2D eigenvalue weighted by atomic mass is 10.00. The lowest BCUT2D eigenvalue weighted by Crippen LogP contribution is -2.24. The lowest BCUT2D eigenvalue weighted by Gasteiger charge is -2.13. The molecule has 0 aliphatic carbocycles. The summed E-state index contributed by atoms with van der Waals surface area (Å²) in [6.45, 7) is 2.00. The van der Waals surface area contributed by atoms with E-state index in [9.17, 15) is 4.79 Å². The molecule has 0 amide bonds. The third kappa shape index (κ3) is 2.05. The second-order valence-corrected chi connectivity index (χ2v) is 2.87. The first-order chi connectivity index (χ1) is 6.70. The molecular weight excluding hydrogens is 182 g/mol. The van der Waals surface area contributed by atoms with E-state index >= 15 is 0 Å². The molecule has 0 aromatic carbocycles. The molecule has 0 spiro atoms. The van der Waals surface area contributed by atoms with Crippen LogP contribution in [-0.2, 0) is 9.53 Å². The zero-order chi connectivity index (χ0) is 10.6. The van der Waals surface area contributed by atoms with Crippen LogP contribution >= 0.6 is 0 Å². The van der Waals surface area contributed by atoms with E-state index in [2.05, 4.69) is 14.7 Å². The van der Waals surface area contributed by atoms with E-state index in [4.69, 9.17) is 5.73 Å². The SMILES string of the molecule is COC(=O)C(CN)c1cncnc1C. The van der Waals surface area contributed by atoms with Crippen molar-refractivity contribution in [3.8, 4) is 0 Å². The molecule has 1 aromatic heterocycles. The summed E-state index contributed by atoms with van der Waals surface area (Å²) >= 11 is 0. The van der Waals surface area contributed by atoms with Crippen LogP contribution in [0.15, 0.2) is 12.5 Å². The van der Waals surface area contributed by atoms with Crippen LogP contribution < -0.4 is 5.73 Å². The number of nitrogens with two attached hydrogens (primary N) is 1. The van der Waals surface area contributed by atoms with Gasteiger partial charge in [0.25, 0.3) is 0 Å². The van der Waals surface area contributed by atoms with E-state index in [1.54, 1.807) is 6.20 Å². The number of nitrogens with zero attached hydrogens (tertiary/aromatic N) is 2. The van der Waals surface area contributed by atoms with Gasteiger partial charge in [0.15, 0.2) is 0 Å². The van der Waals surface area contributed by atoms with Crippen molar-refractivity contribution < 1.29 is 9.53 Å². The third-order valence-electron chi connectivity index (χ3n) is 2.05. The molecule has 0 saturated heterocycles. The van der Waals surface area contributed by atoms with Gasteiger partial charge in [-0.2, -0.15) is 0 Å². The van der Waals surface area contributed by atoms with Crippen LogP contribution in [-0.4, -0.2) is 29.6 Å². The van der Waals surface area contributed by atoms with Crippen molar-refractivity contribution in [2.75, 3.05) is 13.7 Å². The maximum Gasteiger partial charge on any atom is 0.314 e. The Morgan fingerprint density at radius 1 is 1.71 bits per heavy atom. The molecule has 1 atom stereocenters. The molecule has 1 unspecified atom stereocenters. The Hall–Kier alpha value is -1.49. The second-order valence-electron chi connectivity index (χ2n) is 2.87. The minimum atomic E-state index is -0.471. The number of ether oxygens (including phenoxy) is 1. The van der Waals surface area contributed by atoms with E-state index in [1.807, 2.05) is 6.92 Å². The normalized spacial score (nSPS) is 12.2. The fourth-order valence-electron chi connectivity index (χ4n) is 1.24. The van der Waals surface area contributed by atoms with Crippen LogP contribution in [0.25, 0.3) is 0 Å². The summed E-state index contributed by atoms with van der Waals surface area (Å²) in [5.41, 5.74) is 6.97. The molecule has 0 saturated carbocycles. The summed E-state index contributed by atoms with van der Waals surface area (Å²) < 4.78 is 4.64. The maximum absolute atomic E-state index is 11.3. The van der Waals surface area contributed by atoms with Gasteiger partial charge in [0, 0.05) is 24.0 Å². The molecule has 1 aromatic rings. The number of methoxy groups -OCH3 is 1. The number of carbonyl (C=O) groups excluding carboxylic acids is 1. The Morgan fingerprint density at radius 2 is 2.43 bits per heavy atom. The van der Waals surface area contributed by atoms with Crippen molar-refractivity contribution >= 4 is 5.97 Å². The second kappa shape index (κ2) is 4.66. The van der Waals surface area contributed by atoms with E-state index in [-0.39, 0.29) is 12.5 Å². The molecule has 0 radical (unpaired) electrons. The van der Waals surface area contributed by atoms with E-state index in [0.717, 1.165) is 11.3 Å². The van der Waals surface area contributed by atoms with Crippen LogP contribution in [0.4, 0.5) is 0 Å². The zero-order valence-corrected chi connectivity index (χ0v) is 8.23. The zero-order valence-electron chi connectivity index (χ0n) is 8.23. The van der Waals surface area contributed by atoms with Crippen molar-refractivity contribution in [2.24, 2.45) is 5.73 Å². The van der Waals surface area contributed by atoms with Gasteiger partial charge in [-0.25, -0.2) is 9.97 Å². The maximum atomic E-state index is 11.3. The summed E-state index contributed by atoms with van der Waals surface area (Å²) in [5, 5.41) is 0. The molecule has 5 nitrogen and oxygen atoms in total. The van der Waals surface area contributed by atoms with Gasteiger partial charge in [-0.1, -0.05) is 0 Å². The van der Waals surface area contributed by atoms with Crippen molar-refractivity contribution in [2.45, 2.75) is 12.8 Å². The quantitative estimate of drug-likeness (QED) is 0.687. The number of rotatable bonds is 3. The minimum Gasteiger partial charge on any atom is -0.469 e. The number of aromatic nitrogens is 2. The molecule has 1 rings (SSSR count). The van der Waals surface area contributed by atoms with Crippen molar-refractivity contribution in [3.63, 3.8) is 0 Å². The van der Waals surface area contributed by atoms with Crippen molar-refractivity contribution in [1.29, 1.82) is 0 Å². The van der Waals surface area contributed by atoms with Crippen LogP contribution in [0.1, 0.15) is 17.2 Å². The highest BCUT2D eigenvalue weighted by Crippen LogP contribution is 2.17. The number of hydrogen-bond donors (Lipinski definition) is 1. The van der Waals surface area contributed by atoms with Crippen LogP contribution in [0.5, 0.6) is 0 Å². The minimum absolute atomic E-state index is 0.195. The van der Waals surface area contributed by atoms with Gasteiger partial charge in [-0.3, -0.25) is 4.79 Å². The van der Waals surface area contributed by atoms with Crippen LogP contribution in [0.3, 0.4) is 0 Å². The Labute approximate surface area is 82.3 Å². The fourth-order valence-corrected chi connectivity index (χ4v) is 1.24. The highest BCUT2D eigenvalue weighted by molar-refractivity contribution is 5.78. The van der Waals surface area contributed by atoms with Gasteiger partial charge in [0.2, 0.25) is 0 Å². The molecule has 2 N–H and O–H groups in total. The molecular formula is C9H13N3O2. The van der Waals surface area contributed by atoms with Gasteiger partial charge in [-0.15, -0.1) is 0 Å². The van der Waals surface area contributed by atoms with E-state index < -0.39 is 5.92 Å². The number of hydrogen-bond acceptors (Lipinski definition) is 5. The van der Waals surface area contributed by atoms with Crippen molar-refractivity contribution in [1.82, 2.24) is 9.97 Å². The average molecular weight is 195 g/mol. The van der Waals surface area contributed by atoms with Crippen LogP contribution in [0, 0.1) is 6.92 Å². The Kier molecular flexibility index (Phi) is 3.53. The van der Waals surface area contributed by atoms with Gasteiger partial charge in [0.1, 0.15) is 6.33 Å². The summed E-state index contributed by atoms with van der Waals surface area (Å²) in [7, 11) is 1.34. The first-order valence-corrected chi connectivity index (χ1v) is 4.25. The third-order valence-corrected chi connectivity index (χ3v) is 2.05. The first-order valence-electron chi connectivity index (χ1n) is 4.25. The number of aryl methyl sites for hydroxylation is 1. The molecule has 14 heavy (non-hydrogen) atoms. The monoisotopic (exact) mass is 195 g/mol. The molecule has 1 heterocycles. The highest BCUT2D eigenvalue weighted by atomic mass is 16.5. The highest BCUT2D eigenvalue weighted by Gasteiger charge is 2.21.